The fraction of sp³-hybridized carbons (Fsp3) is 0.500. The van der Waals surface area contributed by atoms with Crippen LogP contribution in [0.15, 0.2) is 48.5 Å². The van der Waals surface area contributed by atoms with Gasteiger partial charge < -0.3 is 4.90 Å². The molecule has 1 heterocycles. The minimum Gasteiger partial charge on any atom is -0.312 e. The summed E-state index contributed by atoms with van der Waals surface area (Å²) in [6.07, 6.45) is 9.71. The summed E-state index contributed by atoms with van der Waals surface area (Å²) in [5.74, 6) is 1.15. The second-order valence-electron chi connectivity index (χ2n) is 9.54. The quantitative estimate of drug-likeness (QED) is 0.516. The van der Waals surface area contributed by atoms with E-state index in [2.05, 4.69) is 56.3 Å². The van der Waals surface area contributed by atoms with Crippen LogP contribution >= 0.6 is 12.4 Å². The number of benzene rings is 2. The standard InChI is InChI=1S/C26H33NO.ClH/c1-26(2)16-14-21(15-17-26)9-8-20-10-12-22(13-11-20)23-5-3-6-24(19-23)27-18-4-7-25(27)28;/h3,5-6,10-13,19,21H,4,7-9,14-18H2,1-2H3;1H. The lowest BCUT2D eigenvalue weighted by Crippen LogP contribution is -2.23. The molecule has 0 aromatic heterocycles. The maximum absolute atomic E-state index is 12.0. The Hall–Kier alpha value is -1.80. The highest BCUT2D eigenvalue weighted by molar-refractivity contribution is 5.95. The molecule has 1 saturated carbocycles. The summed E-state index contributed by atoms with van der Waals surface area (Å²) < 4.78 is 0. The zero-order chi connectivity index (χ0) is 19.6. The molecular formula is C26H34ClNO. The second-order valence-corrected chi connectivity index (χ2v) is 9.54. The van der Waals surface area contributed by atoms with Crippen LogP contribution in [-0.2, 0) is 11.2 Å². The number of amides is 1. The summed E-state index contributed by atoms with van der Waals surface area (Å²) in [5, 5.41) is 0. The van der Waals surface area contributed by atoms with Crippen molar-refractivity contribution in [2.75, 3.05) is 11.4 Å². The number of nitrogens with zero attached hydrogens (tertiary/aromatic N) is 1. The van der Waals surface area contributed by atoms with Gasteiger partial charge >= 0.3 is 0 Å². The third-order valence-electron chi connectivity index (χ3n) is 6.82. The lowest BCUT2D eigenvalue weighted by molar-refractivity contribution is -0.117. The molecule has 2 nitrogen and oxygen atoms in total. The predicted molar refractivity (Wildman–Crippen MR) is 125 cm³/mol. The number of hydrogen-bond donors (Lipinski definition) is 0. The van der Waals surface area contributed by atoms with Crippen molar-refractivity contribution in [3.05, 3.63) is 54.1 Å². The molecule has 0 radical (unpaired) electrons. The highest BCUT2D eigenvalue weighted by Gasteiger charge is 2.26. The van der Waals surface area contributed by atoms with Crippen LogP contribution in [0.25, 0.3) is 11.1 Å². The van der Waals surface area contributed by atoms with Crippen LogP contribution in [0.3, 0.4) is 0 Å². The molecule has 0 spiro atoms. The van der Waals surface area contributed by atoms with E-state index in [1.807, 2.05) is 11.0 Å². The van der Waals surface area contributed by atoms with Crippen molar-refractivity contribution in [1.82, 2.24) is 0 Å². The van der Waals surface area contributed by atoms with Gasteiger partial charge in [-0.1, -0.05) is 50.2 Å². The molecule has 3 heteroatoms. The van der Waals surface area contributed by atoms with Crippen LogP contribution in [0.2, 0.25) is 0 Å². The highest BCUT2D eigenvalue weighted by atomic mass is 35.5. The van der Waals surface area contributed by atoms with Crippen LogP contribution in [0.1, 0.15) is 64.4 Å². The van der Waals surface area contributed by atoms with Crippen molar-refractivity contribution in [1.29, 1.82) is 0 Å². The average molecular weight is 412 g/mol. The van der Waals surface area contributed by atoms with Gasteiger partial charge in [-0.3, -0.25) is 4.79 Å². The molecule has 29 heavy (non-hydrogen) atoms. The van der Waals surface area contributed by atoms with Gasteiger partial charge in [-0.25, -0.2) is 0 Å². The van der Waals surface area contributed by atoms with E-state index in [0.717, 1.165) is 24.6 Å². The van der Waals surface area contributed by atoms with Gasteiger partial charge in [-0.15, -0.1) is 12.4 Å². The molecule has 0 bridgehead atoms. The van der Waals surface area contributed by atoms with E-state index in [9.17, 15) is 4.79 Å². The Bertz CT molecular complexity index is 817. The van der Waals surface area contributed by atoms with Crippen molar-refractivity contribution in [2.45, 2.75) is 65.2 Å². The molecular weight excluding hydrogens is 378 g/mol. The summed E-state index contributed by atoms with van der Waals surface area (Å²) in [6, 6.07) is 17.5. The SMILES string of the molecule is CC1(C)CCC(CCc2ccc(-c3cccc(N4CCCC4=O)c3)cc2)CC1.Cl. The van der Waals surface area contributed by atoms with Gasteiger partial charge in [0, 0.05) is 18.7 Å². The Morgan fingerprint density at radius 3 is 2.38 bits per heavy atom. The molecule has 1 aliphatic carbocycles. The van der Waals surface area contributed by atoms with Crippen LogP contribution in [0.5, 0.6) is 0 Å². The minimum atomic E-state index is 0. The largest absolute Gasteiger partial charge is 0.312 e. The molecule has 1 aliphatic heterocycles. The zero-order valence-electron chi connectivity index (χ0n) is 17.8. The van der Waals surface area contributed by atoms with Gasteiger partial charge in [0.25, 0.3) is 0 Å². The van der Waals surface area contributed by atoms with Crippen LogP contribution in [0, 0.1) is 11.3 Å². The minimum absolute atomic E-state index is 0. The van der Waals surface area contributed by atoms with Crippen molar-refractivity contribution < 1.29 is 4.79 Å². The summed E-state index contributed by atoms with van der Waals surface area (Å²) in [5.41, 5.74) is 5.46. The van der Waals surface area contributed by atoms with E-state index in [-0.39, 0.29) is 18.3 Å². The van der Waals surface area contributed by atoms with Gasteiger partial charge in [0.15, 0.2) is 0 Å². The van der Waals surface area contributed by atoms with Crippen molar-refractivity contribution >= 4 is 24.0 Å². The van der Waals surface area contributed by atoms with Gasteiger partial charge in [-0.2, -0.15) is 0 Å². The van der Waals surface area contributed by atoms with E-state index >= 15 is 0 Å². The van der Waals surface area contributed by atoms with Crippen LogP contribution in [-0.4, -0.2) is 12.5 Å². The Balaban J connectivity index is 0.00000240. The molecule has 0 unspecified atom stereocenters. The molecule has 1 amide bonds. The van der Waals surface area contributed by atoms with E-state index in [0.29, 0.717) is 11.8 Å². The maximum atomic E-state index is 12.0. The number of carbonyl (C=O) groups excluding carboxylic acids is 1. The van der Waals surface area contributed by atoms with Gasteiger partial charge in [-0.05, 0) is 85.1 Å². The normalized spacial score (nSPS) is 19.2. The lowest BCUT2D eigenvalue weighted by atomic mass is 9.72. The number of hydrogen-bond acceptors (Lipinski definition) is 1. The average Bonchev–Trinajstić information content (AvgIpc) is 3.14. The van der Waals surface area contributed by atoms with Crippen molar-refractivity contribution in [2.24, 2.45) is 11.3 Å². The summed E-state index contributed by atoms with van der Waals surface area (Å²) in [7, 11) is 0. The maximum Gasteiger partial charge on any atom is 0.227 e. The van der Waals surface area contributed by atoms with Crippen molar-refractivity contribution in [3.8, 4) is 11.1 Å². The first kappa shape index (κ1) is 21.9. The zero-order valence-corrected chi connectivity index (χ0v) is 18.6. The second kappa shape index (κ2) is 9.34. The van der Waals surface area contributed by atoms with Gasteiger partial charge in [0.2, 0.25) is 5.91 Å². The number of carbonyl (C=O) groups is 1. The molecule has 1 saturated heterocycles. The van der Waals surface area contributed by atoms with Crippen LogP contribution in [0.4, 0.5) is 5.69 Å². The molecule has 2 aromatic rings. The van der Waals surface area contributed by atoms with Crippen molar-refractivity contribution in [3.63, 3.8) is 0 Å². The Morgan fingerprint density at radius 2 is 1.72 bits per heavy atom. The number of rotatable bonds is 5. The Kier molecular flexibility index (Phi) is 7.05. The van der Waals surface area contributed by atoms with E-state index < -0.39 is 0 Å². The van der Waals surface area contributed by atoms with E-state index in [1.54, 1.807) is 0 Å². The molecule has 156 valence electrons. The number of halogens is 1. The Morgan fingerprint density at radius 1 is 1.00 bits per heavy atom. The number of anilines is 1. The van der Waals surface area contributed by atoms with E-state index in [4.69, 9.17) is 0 Å². The molecule has 0 N–H and O–H groups in total. The summed E-state index contributed by atoms with van der Waals surface area (Å²) in [4.78, 5) is 14.0. The fourth-order valence-electron chi connectivity index (χ4n) is 4.76. The monoisotopic (exact) mass is 411 g/mol. The first-order valence-electron chi connectivity index (χ1n) is 11.0. The van der Waals surface area contributed by atoms with E-state index in [1.165, 1.54) is 55.2 Å². The smallest absolute Gasteiger partial charge is 0.227 e. The Labute approximate surface area is 182 Å². The topological polar surface area (TPSA) is 20.3 Å². The summed E-state index contributed by atoms with van der Waals surface area (Å²) in [6.45, 7) is 5.67. The third kappa shape index (κ3) is 5.42. The molecule has 0 atom stereocenters. The van der Waals surface area contributed by atoms with Crippen LogP contribution < -0.4 is 4.90 Å². The fourth-order valence-corrected chi connectivity index (χ4v) is 4.76. The predicted octanol–water partition coefficient (Wildman–Crippen LogP) is 7.05. The highest BCUT2D eigenvalue weighted by Crippen LogP contribution is 2.39. The first-order chi connectivity index (χ1) is 13.5. The number of aryl methyl sites for hydroxylation is 1. The van der Waals surface area contributed by atoms with Gasteiger partial charge in [0.1, 0.15) is 0 Å². The van der Waals surface area contributed by atoms with Gasteiger partial charge in [0.05, 0.1) is 0 Å². The molecule has 2 aliphatic rings. The molecule has 2 aromatic carbocycles. The third-order valence-corrected chi connectivity index (χ3v) is 6.82. The lowest BCUT2D eigenvalue weighted by Gasteiger charge is -2.34. The molecule has 4 rings (SSSR count). The summed E-state index contributed by atoms with van der Waals surface area (Å²) >= 11 is 0. The molecule has 2 fully saturated rings. The first-order valence-corrected chi connectivity index (χ1v) is 11.0.